The summed E-state index contributed by atoms with van der Waals surface area (Å²) in [7, 11) is 0. The lowest BCUT2D eigenvalue weighted by atomic mass is 9.97. The molecule has 1 rings (SSSR count). The highest BCUT2D eigenvalue weighted by Gasteiger charge is 2.30. The van der Waals surface area contributed by atoms with Crippen molar-refractivity contribution in [3.63, 3.8) is 0 Å². The second-order valence-electron chi connectivity index (χ2n) is 5.71. The number of carboxylic acid groups (broad SMARTS) is 1. The van der Waals surface area contributed by atoms with E-state index in [0.717, 1.165) is 0 Å². The highest BCUT2D eigenvalue weighted by Crippen LogP contribution is 2.12. The molecule has 7 nitrogen and oxygen atoms in total. The Hall–Kier alpha value is -2.95. The minimum Gasteiger partial charge on any atom is -0.480 e. The minimum absolute atomic E-state index is 0.0602. The van der Waals surface area contributed by atoms with Crippen molar-refractivity contribution >= 4 is 17.8 Å². The van der Waals surface area contributed by atoms with Crippen molar-refractivity contribution in [2.24, 2.45) is 5.92 Å². The summed E-state index contributed by atoms with van der Waals surface area (Å²) in [5.41, 5.74) is 0.216. The van der Waals surface area contributed by atoms with Crippen LogP contribution in [-0.2, 0) is 20.8 Å². The molecule has 0 unspecified atom stereocenters. The minimum atomic E-state index is -1.29. The van der Waals surface area contributed by atoms with Crippen LogP contribution in [0.3, 0.4) is 0 Å². The van der Waals surface area contributed by atoms with Crippen molar-refractivity contribution in [2.45, 2.75) is 38.8 Å². The molecule has 25 heavy (non-hydrogen) atoms. The van der Waals surface area contributed by atoms with Gasteiger partial charge in [-0.25, -0.2) is 9.18 Å². The number of carbonyl (C=O) groups excluding carboxylic acids is 2. The molecule has 134 valence electrons. The molecule has 0 radical (unpaired) electrons. The molecule has 0 aliphatic heterocycles. The van der Waals surface area contributed by atoms with E-state index in [2.05, 4.69) is 10.6 Å². The third-order valence-corrected chi connectivity index (χ3v) is 3.62. The van der Waals surface area contributed by atoms with Crippen LogP contribution < -0.4 is 10.6 Å². The van der Waals surface area contributed by atoms with Gasteiger partial charge in [-0.3, -0.25) is 9.59 Å². The molecule has 0 saturated heterocycles. The highest BCUT2D eigenvalue weighted by atomic mass is 19.1. The third kappa shape index (κ3) is 6.22. The number of nitriles is 1. The van der Waals surface area contributed by atoms with E-state index in [4.69, 9.17) is 5.26 Å². The number of carbonyl (C=O) groups is 3. The topological polar surface area (TPSA) is 119 Å². The van der Waals surface area contributed by atoms with Crippen LogP contribution in [-0.4, -0.2) is 35.0 Å². The van der Waals surface area contributed by atoms with E-state index in [-0.39, 0.29) is 18.4 Å². The lowest BCUT2D eigenvalue weighted by Gasteiger charge is -2.23. The van der Waals surface area contributed by atoms with E-state index >= 15 is 0 Å². The molecule has 0 fully saturated rings. The predicted molar refractivity (Wildman–Crippen MR) is 86.7 cm³/mol. The molecule has 0 aliphatic rings. The summed E-state index contributed by atoms with van der Waals surface area (Å²) in [4.78, 5) is 35.1. The van der Waals surface area contributed by atoms with Crippen molar-refractivity contribution in [2.75, 3.05) is 0 Å². The maximum absolute atomic E-state index is 13.8. The van der Waals surface area contributed by atoms with Crippen molar-refractivity contribution in [1.29, 1.82) is 5.26 Å². The van der Waals surface area contributed by atoms with Crippen molar-refractivity contribution in [3.05, 3.63) is 35.6 Å². The van der Waals surface area contributed by atoms with Gasteiger partial charge in [0.15, 0.2) is 0 Å². The molecule has 0 aliphatic carbocycles. The van der Waals surface area contributed by atoms with Crippen LogP contribution in [0.15, 0.2) is 24.3 Å². The quantitative estimate of drug-likeness (QED) is 0.647. The fourth-order valence-corrected chi connectivity index (χ4v) is 2.30. The lowest BCUT2D eigenvalue weighted by Crippen LogP contribution is -2.54. The second-order valence-corrected chi connectivity index (χ2v) is 5.71. The average Bonchev–Trinajstić information content (AvgIpc) is 2.53. The first-order valence-corrected chi connectivity index (χ1v) is 7.66. The van der Waals surface area contributed by atoms with E-state index in [1.54, 1.807) is 6.07 Å². The first-order chi connectivity index (χ1) is 11.8. The number of aliphatic carboxylic acids is 1. The van der Waals surface area contributed by atoms with Crippen molar-refractivity contribution in [1.82, 2.24) is 10.6 Å². The van der Waals surface area contributed by atoms with Crippen molar-refractivity contribution < 1.29 is 23.9 Å². The molecular formula is C17H20FN3O4. The number of amides is 2. The molecule has 3 atom stereocenters. The Morgan fingerprint density at radius 2 is 1.92 bits per heavy atom. The molecule has 0 heterocycles. The maximum Gasteiger partial charge on any atom is 0.326 e. The maximum atomic E-state index is 13.8. The normalized spacial score (nSPS) is 13.8. The van der Waals surface area contributed by atoms with Gasteiger partial charge in [-0.1, -0.05) is 25.1 Å². The van der Waals surface area contributed by atoms with Crippen LogP contribution in [0, 0.1) is 23.1 Å². The zero-order valence-electron chi connectivity index (χ0n) is 14.0. The zero-order chi connectivity index (χ0) is 19.0. The molecule has 0 spiro atoms. The Kier molecular flexibility index (Phi) is 7.53. The first-order valence-electron chi connectivity index (χ1n) is 7.66. The second kappa shape index (κ2) is 9.37. The van der Waals surface area contributed by atoms with Gasteiger partial charge in [0.2, 0.25) is 11.8 Å². The predicted octanol–water partition coefficient (Wildman–Crippen LogP) is 0.992. The molecule has 2 amide bonds. The van der Waals surface area contributed by atoms with Crippen LogP contribution >= 0.6 is 0 Å². The van der Waals surface area contributed by atoms with E-state index in [1.165, 1.54) is 32.0 Å². The zero-order valence-corrected chi connectivity index (χ0v) is 14.0. The smallest absolute Gasteiger partial charge is 0.326 e. The standard InChI is InChI=1S/C17H20FN3O4/c1-10(7-8-19)15(17(24)25)21-16(23)14(20-11(2)22)9-12-5-3-4-6-13(12)18/h3-6,10,14-15H,7,9H2,1-2H3,(H,20,22)(H,21,23)(H,24,25)/t10-,14-,15+/m0/s1. The molecule has 0 bridgehead atoms. The number of hydrogen-bond acceptors (Lipinski definition) is 4. The van der Waals surface area contributed by atoms with Gasteiger partial charge in [0, 0.05) is 25.7 Å². The van der Waals surface area contributed by atoms with Crippen LogP contribution in [0.5, 0.6) is 0 Å². The Bertz CT molecular complexity index is 687. The van der Waals surface area contributed by atoms with Crippen LogP contribution in [0.4, 0.5) is 4.39 Å². The SMILES string of the molecule is CC(=O)N[C@@H](Cc1ccccc1F)C(=O)N[C@@H](C(=O)O)[C@@H](C)CC#N. The Labute approximate surface area is 144 Å². The molecule has 1 aromatic rings. The summed E-state index contributed by atoms with van der Waals surface area (Å²) in [6, 6.07) is 5.22. The van der Waals surface area contributed by atoms with Crippen LogP contribution in [0.2, 0.25) is 0 Å². The Morgan fingerprint density at radius 1 is 1.28 bits per heavy atom. The number of carboxylic acids is 1. The molecular weight excluding hydrogens is 329 g/mol. The van der Waals surface area contributed by atoms with E-state index in [9.17, 15) is 23.9 Å². The fourth-order valence-electron chi connectivity index (χ4n) is 2.30. The number of benzene rings is 1. The van der Waals surface area contributed by atoms with Gasteiger partial charge in [0.1, 0.15) is 17.9 Å². The van der Waals surface area contributed by atoms with E-state index in [0.29, 0.717) is 0 Å². The molecule has 3 N–H and O–H groups in total. The van der Waals surface area contributed by atoms with Crippen LogP contribution in [0.25, 0.3) is 0 Å². The average molecular weight is 349 g/mol. The Morgan fingerprint density at radius 3 is 2.44 bits per heavy atom. The third-order valence-electron chi connectivity index (χ3n) is 3.62. The van der Waals surface area contributed by atoms with Gasteiger partial charge in [0.05, 0.1) is 6.07 Å². The summed E-state index contributed by atoms with van der Waals surface area (Å²) < 4.78 is 13.8. The summed E-state index contributed by atoms with van der Waals surface area (Å²) >= 11 is 0. The van der Waals surface area contributed by atoms with Gasteiger partial charge in [-0.05, 0) is 11.6 Å². The molecule has 1 aromatic carbocycles. The van der Waals surface area contributed by atoms with Gasteiger partial charge in [-0.15, -0.1) is 0 Å². The summed E-state index contributed by atoms with van der Waals surface area (Å²) in [5.74, 6) is -3.70. The first kappa shape index (κ1) is 20.1. The number of halogens is 1. The van der Waals surface area contributed by atoms with Crippen LogP contribution in [0.1, 0.15) is 25.8 Å². The van der Waals surface area contributed by atoms with E-state index in [1.807, 2.05) is 6.07 Å². The lowest BCUT2D eigenvalue weighted by molar-refractivity contribution is -0.143. The monoisotopic (exact) mass is 349 g/mol. The van der Waals surface area contributed by atoms with Gasteiger partial charge < -0.3 is 15.7 Å². The number of nitrogens with zero attached hydrogens (tertiary/aromatic N) is 1. The number of rotatable bonds is 8. The molecule has 0 saturated carbocycles. The van der Waals surface area contributed by atoms with Gasteiger partial charge in [0.25, 0.3) is 0 Å². The fraction of sp³-hybridized carbons (Fsp3) is 0.412. The summed E-state index contributed by atoms with van der Waals surface area (Å²) in [6.07, 6.45) is -0.188. The highest BCUT2D eigenvalue weighted by molar-refractivity contribution is 5.90. The van der Waals surface area contributed by atoms with Gasteiger partial charge in [-0.2, -0.15) is 5.26 Å². The summed E-state index contributed by atoms with van der Waals surface area (Å²) in [5, 5.41) is 22.7. The number of hydrogen-bond donors (Lipinski definition) is 3. The Balaban J connectivity index is 2.96. The van der Waals surface area contributed by atoms with Gasteiger partial charge >= 0.3 is 5.97 Å². The molecule has 0 aromatic heterocycles. The summed E-state index contributed by atoms with van der Waals surface area (Å²) in [6.45, 7) is 2.72. The number of nitrogens with one attached hydrogen (secondary N) is 2. The molecule has 8 heteroatoms. The largest absolute Gasteiger partial charge is 0.480 e. The van der Waals surface area contributed by atoms with E-state index < -0.39 is 41.6 Å². The van der Waals surface area contributed by atoms with Crippen molar-refractivity contribution in [3.8, 4) is 6.07 Å².